The summed E-state index contributed by atoms with van der Waals surface area (Å²) < 4.78 is 0. The maximum atomic E-state index is 3.65. The maximum absolute atomic E-state index is 3.65. The Morgan fingerprint density at radius 1 is 1.20 bits per heavy atom. The van der Waals surface area contributed by atoms with Crippen LogP contribution in [0.25, 0.3) is 0 Å². The lowest BCUT2D eigenvalue weighted by Gasteiger charge is -2.39. The molecule has 2 nitrogen and oxygen atoms in total. The van der Waals surface area contributed by atoms with Crippen molar-refractivity contribution in [2.24, 2.45) is 5.92 Å². The second-order valence-corrected chi connectivity index (χ2v) is 7.04. The number of hydrogen-bond acceptors (Lipinski definition) is 2. The molecule has 1 saturated heterocycles. The van der Waals surface area contributed by atoms with Crippen molar-refractivity contribution >= 4 is 0 Å². The van der Waals surface area contributed by atoms with E-state index in [-0.39, 0.29) is 0 Å². The minimum Gasteiger partial charge on any atom is -0.311 e. The first-order valence-corrected chi connectivity index (χ1v) is 8.19. The van der Waals surface area contributed by atoms with E-state index in [1.165, 1.54) is 37.1 Å². The third-order valence-electron chi connectivity index (χ3n) is 4.85. The van der Waals surface area contributed by atoms with Crippen LogP contribution in [0, 0.1) is 5.92 Å². The van der Waals surface area contributed by atoms with Gasteiger partial charge in [-0.05, 0) is 42.7 Å². The summed E-state index contributed by atoms with van der Waals surface area (Å²) in [7, 11) is 0. The molecule has 0 radical (unpaired) electrons. The van der Waals surface area contributed by atoms with E-state index >= 15 is 0 Å². The Morgan fingerprint density at radius 2 is 1.90 bits per heavy atom. The van der Waals surface area contributed by atoms with Crippen molar-refractivity contribution in [1.82, 2.24) is 10.2 Å². The molecular weight excluding hydrogens is 244 g/mol. The predicted molar refractivity (Wildman–Crippen MR) is 84.9 cm³/mol. The fourth-order valence-corrected chi connectivity index (χ4v) is 3.37. The van der Waals surface area contributed by atoms with Gasteiger partial charge in [0.2, 0.25) is 0 Å². The number of benzene rings is 1. The minimum absolute atomic E-state index is 0.625. The maximum Gasteiger partial charge on any atom is 0.0253 e. The summed E-state index contributed by atoms with van der Waals surface area (Å²) >= 11 is 0. The van der Waals surface area contributed by atoms with Gasteiger partial charge in [-0.25, -0.2) is 0 Å². The normalized spacial score (nSPS) is 28.0. The summed E-state index contributed by atoms with van der Waals surface area (Å²) in [6.07, 6.45) is 2.87. The van der Waals surface area contributed by atoms with E-state index in [9.17, 15) is 0 Å². The van der Waals surface area contributed by atoms with E-state index < -0.39 is 0 Å². The lowest BCUT2D eigenvalue weighted by atomic mass is 10.0. The SMILES string of the molecule is CC1CN(Cc2ccc(C(C)C)cc2)C(C2CC2)CN1. The van der Waals surface area contributed by atoms with Crippen LogP contribution < -0.4 is 5.32 Å². The molecule has 0 bridgehead atoms. The molecule has 1 saturated carbocycles. The quantitative estimate of drug-likeness (QED) is 0.904. The number of nitrogens with one attached hydrogen (secondary N) is 1. The molecule has 1 aromatic rings. The van der Waals surface area contributed by atoms with Crippen molar-refractivity contribution in [3.8, 4) is 0 Å². The molecule has 2 fully saturated rings. The second-order valence-electron chi connectivity index (χ2n) is 7.04. The van der Waals surface area contributed by atoms with E-state index in [1.54, 1.807) is 0 Å². The zero-order valence-corrected chi connectivity index (χ0v) is 13.1. The smallest absolute Gasteiger partial charge is 0.0253 e. The fourth-order valence-electron chi connectivity index (χ4n) is 3.37. The van der Waals surface area contributed by atoms with Gasteiger partial charge in [0.25, 0.3) is 0 Å². The Labute approximate surface area is 123 Å². The molecule has 2 aliphatic rings. The molecule has 1 aliphatic heterocycles. The lowest BCUT2D eigenvalue weighted by molar-refractivity contribution is 0.112. The number of rotatable bonds is 4. The van der Waals surface area contributed by atoms with Crippen molar-refractivity contribution in [2.75, 3.05) is 13.1 Å². The zero-order chi connectivity index (χ0) is 14.1. The van der Waals surface area contributed by atoms with Crippen LogP contribution in [-0.2, 0) is 6.54 Å². The van der Waals surface area contributed by atoms with Gasteiger partial charge in [0.1, 0.15) is 0 Å². The van der Waals surface area contributed by atoms with Gasteiger partial charge in [0.15, 0.2) is 0 Å². The highest BCUT2D eigenvalue weighted by molar-refractivity contribution is 5.24. The van der Waals surface area contributed by atoms with Gasteiger partial charge in [0, 0.05) is 31.7 Å². The van der Waals surface area contributed by atoms with Crippen LogP contribution >= 0.6 is 0 Å². The van der Waals surface area contributed by atoms with Crippen LogP contribution in [0.3, 0.4) is 0 Å². The molecule has 2 unspecified atom stereocenters. The summed E-state index contributed by atoms with van der Waals surface area (Å²) in [5, 5.41) is 3.65. The standard InChI is InChI=1S/C18H28N2/c1-13(2)16-6-4-15(5-7-16)12-20-11-14(3)19-10-18(20)17-8-9-17/h4-7,13-14,17-19H,8-12H2,1-3H3. The van der Waals surface area contributed by atoms with Crippen LogP contribution in [0.1, 0.15) is 50.7 Å². The summed E-state index contributed by atoms with van der Waals surface area (Å²) in [6.45, 7) is 10.3. The highest BCUT2D eigenvalue weighted by Gasteiger charge is 2.37. The van der Waals surface area contributed by atoms with Crippen LogP contribution in [0.2, 0.25) is 0 Å². The lowest BCUT2D eigenvalue weighted by Crippen LogP contribution is -2.55. The van der Waals surface area contributed by atoms with Gasteiger partial charge in [-0.2, -0.15) is 0 Å². The molecule has 2 atom stereocenters. The summed E-state index contributed by atoms with van der Waals surface area (Å²) in [4.78, 5) is 2.71. The van der Waals surface area contributed by atoms with Crippen molar-refractivity contribution < 1.29 is 0 Å². The molecule has 1 N–H and O–H groups in total. The van der Waals surface area contributed by atoms with E-state index in [0.29, 0.717) is 12.0 Å². The van der Waals surface area contributed by atoms with Crippen molar-refractivity contribution in [3.05, 3.63) is 35.4 Å². The van der Waals surface area contributed by atoms with Crippen molar-refractivity contribution in [1.29, 1.82) is 0 Å². The average Bonchev–Trinajstić information content (AvgIpc) is 3.24. The van der Waals surface area contributed by atoms with E-state index in [1.807, 2.05) is 0 Å². The first-order valence-electron chi connectivity index (χ1n) is 8.19. The molecule has 1 aromatic carbocycles. The predicted octanol–water partition coefficient (Wildman–Crippen LogP) is 3.38. The number of nitrogens with zero attached hydrogens (tertiary/aromatic N) is 1. The van der Waals surface area contributed by atoms with Crippen molar-refractivity contribution in [3.63, 3.8) is 0 Å². The van der Waals surface area contributed by atoms with Crippen LogP contribution in [0.4, 0.5) is 0 Å². The Morgan fingerprint density at radius 3 is 2.50 bits per heavy atom. The molecular formula is C18H28N2. The average molecular weight is 272 g/mol. The Balaban J connectivity index is 1.67. The molecule has 0 amide bonds. The zero-order valence-electron chi connectivity index (χ0n) is 13.1. The van der Waals surface area contributed by atoms with E-state index in [0.717, 1.165) is 18.5 Å². The van der Waals surface area contributed by atoms with E-state index in [4.69, 9.17) is 0 Å². The van der Waals surface area contributed by atoms with Gasteiger partial charge in [-0.3, -0.25) is 4.90 Å². The van der Waals surface area contributed by atoms with Gasteiger partial charge in [-0.1, -0.05) is 38.1 Å². The molecule has 110 valence electrons. The Bertz CT molecular complexity index is 433. The number of piperazine rings is 1. The topological polar surface area (TPSA) is 15.3 Å². The molecule has 20 heavy (non-hydrogen) atoms. The summed E-state index contributed by atoms with van der Waals surface area (Å²) in [5.74, 6) is 1.58. The Hall–Kier alpha value is -0.860. The van der Waals surface area contributed by atoms with Gasteiger partial charge in [0.05, 0.1) is 0 Å². The highest BCUT2D eigenvalue weighted by Crippen LogP contribution is 2.36. The first kappa shape index (κ1) is 14.1. The van der Waals surface area contributed by atoms with Gasteiger partial charge >= 0.3 is 0 Å². The van der Waals surface area contributed by atoms with Crippen LogP contribution in [0.15, 0.2) is 24.3 Å². The second kappa shape index (κ2) is 5.87. The third kappa shape index (κ3) is 3.24. The molecule has 1 aliphatic carbocycles. The molecule has 0 aromatic heterocycles. The molecule has 0 spiro atoms. The first-order chi connectivity index (χ1) is 9.63. The fraction of sp³-hybridized carbons (Fsp3) is 0.667. The van der Waals surface area contributed by atoms with Crippen molar-refractivity contribution in [2.45, 2.75) is 58.2 Å². The van der Waals surface area contributed by atoms with Crippen LogP contribution in [-0.4, -0.2) is 30.1 Å². The summed E-state index contributed by atoms with van der Waals surface area (Å²) in [6, 6.07) is 10.6. The van der Waals surface area contributed by atoms with Gasteiger partial charge in [-0.15, -0.1) is 0 Å². The Kier molecular flexibility index (Phi) is 4.13. The van der Waals surface area contributed by atoms with Gasteiger partial charge < -0.3 is 5.32 Å². The monoisotopic (exact) mass is 272 g/mol. The highest BCUT2D eigenvalue weighted by atomic mass is 15.2. The largest absolute Gasteiger partial charge is 0.311 e. The molecule has 1 heterocycles. The summed E-state index contributed by atoms with van der Waals surface area (Å²) in [5.41, 5.74) is 2.91. The third-order valence-corrected chi connectivity index (χ3v) is 4.85. The minimum atomic E-state index is 0.625. The molecule has 2 heteroatoms. The van der Waals surface area contributed by atoms with Crippen LogP contribution in [0.5, 0.6) is 0 Å². The number of hydrogen-bond donors (Lipinski definition) is 1. The van der Waals surface area contributed by atoms with E-state index in [2.05, 4.69) is 55.3 Å². The molecule has 3 rings (SSSR count).